The SMILES string of the molecule is CC(=O)Nc1ccc(NC(=O)c2ccc(-c3nnc(-c4ccc(C)cc4)o3)cc2)cc1. The Bertz CT molecular complexity index is 1210. The van der Waals surface area contributed by atoms with Crippen LogP contribution in [0.3, 0.4) is 0 Å². The average molecular weight is 412 g/mol. The van der Waals surface area contributed by atoms with Crippen LogP contribution in [0.1, 0.15) is 22.8 Å². The molecule has 0 spiro atoms. The molecule has 0 fully saturated rings. The molecule has 0 saturated heterocycles. The van der Waals surface area contributed by atoms with E-state index in [-0.39, 0.29) is 11.8 Å². The summed E-state index contributed by atoms with van der Waals surface area (Å²) in [5, 5.41) is 13.7. The van der Waals surface area contributed by atoms with Crippen LogP contribution < -0.4 is 10.6 Å². The lowest BCUT2D eigenvalue weighted by Crippen LogP contribution is -2.12. The van der Waals surface area contributed by atoms with E-state index >= 15 is 0 Å². The molecule has 0 bridgehead atoms. The van der Waals surface area contributed by atoms with Gasteiger partial charge >= 0.3 is 0 Å². The van der Waals surface area contributed by atoms with Crippen molar-refractivity contribution < 1.29 is 14.0 Å². The molecular formula is C24H20N4O3. The standard InChI is InChI=1S/C24H20N4O3/c1-15-3-5-18(6-4-15)23-27-28-24(31-23)19-9-7-17(8-10-19)22(30)26-21-13-11-20(12-14-21)25-16(2)29/h3-14H,1-2H3,(H,25,29)(H,26,30). The zero-order chi connectivity index (χ0) is 21.8. The van der Waals surface area contributed by atoms with Gasteiger partial charge in [-0.1, -0.05) is 17.7 Å². The quantitative estimate of drug-likeness (QED) is 0.485. The molecule has 1 heterocycles. The minimum atomic E-state index is -0.246. The second-order valence-electron chi connectivity index (χ2n) is 7.07. The smallest absolute Gasteiger partial charge is 0.255 e. The fraction of sp³-hybridized carbons (Fsp3) is 0.0833. The molecule has 0 aliphatic rings. The van der Waals surface area contributed by atoms with Gasteiger partial charge in [0.1, 0.15) is 0 Å². The summed E-state index contributed by atoms with van der Waals surface area (Å²) < 4.78 is 5.78. The van der Waals surface area contributed by atoms with Crippen molar-refractivity contribution in [2.24, 2.45) is 0 Å². The molecule has 0 aliphatic heterocycles. The third-order valence-electron chi connectivity index (χ3n) is 4.58. The van der Waals surface area contributed by atoms with E-state index in [2.05, 4.69) is 20.8 Å². The monoisotopic (exact) mass is 412 g/mol. The molecule has 4 rings (SSSR count). The molecule has 3 aromatic carbocycles. The van der Waals surface area contributed by atoms with Gasteiger partial charge in [0.15, 0.2) is 0 Å². The highest BCUT2D eigenvalue weighted by Crippen LogP contribution is 2.24. The van der Waals surface area contributed by atoms with Crippen molar-refractivity contribution in [3.05, 3.63) is 83.9 Å². The Morgan fingerprint density at radius 2 is 1.19 bits per heavy atom. The lowest BCUT2D eigenvalue weighted by atomic mass is 10.1. The first kappa shape index (κ1) is 20.0. The van der Waals surface area contributed by atoms with Gasteiger partial charge in [0.25, 0.3) is 5.91 Å². The number of amides is 2. The van der Waals surface area contributed by atoms with Crippen molar-refractivity contribution in [3.63, 3.8) is 0 Å². The van der Waals surface area contributed by atoms with Gasteiger partial charge in [-0.3, -0.25) is 9.59 Å². The fourth-order valence-electron chi connectivity index (χ4n) is 2.96. The Hall–Kier alpha value is -4.26. The number of hydrogen-bond donors (Lipinski definition) is 2. The maximum absolute atomic E-state index is 12.5. The van der Waals surface area contributed by atoms with E-state index in [9.17, 15) is 9.59 Å². The molecule has 0 atom stereocenters. The van der Waals surface area contributed by atoms with Crippen molar-refractivity contribution in [3.8, 4) is 22.9 Å². The van der Waals surface area contributed by atoms with Gasteiger partial charge in [-0.2, -0.15) is 0 Å². The van der Waals surface area contributed by atoms with Gasteiger partial charge in [0.2, 0.25) is 17.7 Å². The molecule has 2 N–H and O–H groups in total. The number of carbonyl (C=O) groups is 2. The Morgan fingerprint density at radius 1 is 0.710 bits per heavy atom. The number of benzene rings is 3. The minimum Gasteiger partial charge on any atom is -0.416 e. The van der Waals surface area contributed by atoms with Gasteiger partial charge in [-0.05, 0) is 67.6 Å². The molecule has 0 aliphatic carbocycles. The zero-order valence-corrected chi connectivity index (χ0v) is 17.0. The van der Waals surface area contributed by atoms with Crippen LogP contribution in [0, 0.1) is 6.92 Å². The number of hydrogen-bond acceptors (Lipinski definition) is 5. The Kier molecular flexibility index (Phi) is 5.57. The van der Waals surface area contributed by atoms with Crippen molar-refractivity contribution in [1.82, 2.24) is 10.2 Å². The number of rotatable bonds is 5. The van der Waals surface area contributed by atoms with E-state index in [1.165, 1.54) is 6.92 Å². The lowest BCUT2D eigenvalue weighted by molar-refractivity contribution is -0.114. The molecule has 0 saturated carbocycles. The van der Waals surface area contributed by atoms with Crippen LogP contribution in [0.25, 0.3) is 22.9 Å². The van der Waals surface area contributed by atoms with Crippen LogP contribution in [0.4, 0.5) is 11.4 Å². The van der Waals surface area contributed by atoms with Crippen LogP contribution in [0.5, 0.6) is 0 Å². The molecule has 0 unspecified atom stereocenters. The normalized spacial score (nSPS) is 10.5. The Labute approximate surface area is 179 Å². The third-order valence-corrected chi connectivity index (χ3v) is 4.58. The van der Waals surface area contributed by atoms with E-state index in [4.69, 9.17) is 4.42 Å². The van der Waals surface area contributed by atoms with Crippen molar-refractivity contribution in [2.45, 2.75) is 13.8 Å². The molecule has 2 amide bonds. The van der Waals surface area contributed by atoms with Gasteiger partial charge in [-0.25, -0.2) is 0 Å². The summed E-state index contributed by atoms with van der Waals surface area (Å²) in [5.74, 6) is 0.435. The maximum atomic E-state index is 12.5. The van der Waals surface area contributed by atoms with Crippen molar-refractivity contribution in [1.29, 1.82) is 0 Å². The van der Waals surface area contributed by atoms with Gasteiger partial charge < -0.3 is 15.1 Å². The molecule has 154 valence electrons. The topological polar surface area (TPSA) is 97.1 Å². The number of aromatic nitrogens is 2. The van der Waals surface area contributed by atoms with Crippen LogP contribution in [0.2, 0.25) is 0 Å². The first-order chi connectivity index (χ1) is 15.0. The fourth-order valence-corrected chi connectivity index (χ4v) is 2.96. The Morgan fingerprint density at radius 3 is 1.71 bits per heavy atom. The number of aryl methyl sites for hydroxylation is 1. The van der Waals surface area contributed by atoms with E-state index in [1.807, 2.05) is 31.2 Å². The highest BCUT2D eigenvalue weighted by Gasteiger charge is 2.12. The number of nitrogens with one attached hydrogen (secondary N) is 2. The van der Waals surface area contributed by atoms with Gasteiger partial charge in [0, 0.05) is 35.0 Å². The highest BCUT2D eigenvalue weighted by atomic mass is 16.4. The molecule has 1 aromatic heterocycles. The third kappa shape index (κ3) is 4.84. The zero-order valence-electron chi connectivity index (χ0n) is 17.0. The summed E-state index contributed by atoms with van der Waals surface area (Å²) in [5.41, 5.74) is 4.52. The van der Waals surface area contributed by atoms with E-state index in [0.29, 0.717) is 28.7 Å². The van der Waals surface area contributed by atoms with Crippen molar-refractivity contribution >= 4 is 23.2 Å². The first-order valence-electron chi connectivity index (χ1n) is 9.68. The largest absolute Gasteiger partial charge is 0.416 e. The van der Waals surface area contributed by atoms with Crippen LogP contribution in [-0.4, -0.2) is 22.0 Å². The second kappa shape index (κ2) is 8.62. The predicted molar refractivity (Wildman–Crippen MR) is 119 cm³/mol. The summed E-state index contributed by atoms with van der Waals surface area (Å²) in [7, 11) is 0. The predicted octanol–water partition coefficient (Wildman–Crippen LogP) is 4.92. The van der Waals surface area contributed by atoms with Crippen LogP contribution >= 0.6 is 0 Å². The molecule has 0 radical (unpaired) electrons. The lowest BCUT2D eigenvalue weighted by Gasteiger charge is -2.07. The molecular weight excluding hydrogens is 392 g/mol. The maximum Gasteiger partial charge on any atom is 0.255 e. The minimum absolute atomic E-state index is 0.149. The first-order valence-corrected chi connectivity index (χ1v) is 9.68. The summed E-state index contributed by atoms with van der Waals surface area (Å²) in [6, 6.07) is 21.7. The van der Waals surface area contributed by atoms with E-state index in [1.54, 1.807) is 48.5 Å². The number of carbonyl (C=O) groups excluding carboxylic acids is 2. The number of nitrogens with zero attached hydrogens (tertiary/aromatic N) is 2. The second-order valence-corrected chi connectivity index (χ2v) is 7.07. The number of anilines is 2. The molecule has 31 heavy (non-hydrogen) atoms. The van der Waals surface area contributed by atoms with E-state index < -0.39 is 0 Å². The van der Waals surface area contributed by atoms with Crippen molar-refractivity contribution in [2.75, 3.05) is 10.6 Å². The van der Waals surface area contributed by atoms with Gasteiger partial charge in [0.05, 0.1) is 0 Å². The Balaban J connectivity index is 1.44. The summed E-state index contributed by atoms with van der Waals surface area (Å²) >= 11 is 0. The molecule has 7 nitrogen and oxygen atoms in total. The summed E-state index contributed by atoms with van der Waals surface area (Å²) in [6.07, 6.45) is 0. The van der Waals surface area contributed by atoms with E-state index in [0.717, 1.165) is 16.7 Å². The average Bonchev–Trinajstić information content (AvgIpc) is 3.26. The van der Waals surface area contributed by atoms with Gasteiger partial charge in [-0.15, -0.1) is 10.2 Å². The van der Waals surface area contributed by atoms with Crippen LogP contribution in [-0.2, 0) is 4.79 Å². The summed E-state index contributed by atoms with van der Waals surface area (Å²) in [6.45, 7) is 3.46. The summed E-state index contributed by atoms with van der Waals surface area (Å²) in [4.78, 5) is 23.6. The highest BCUT2D eigenvalue weighted by molar-refractivity contribution is 6.04. The molecule has 4 aromatic rings. The van der Waals surface area contributed by atoms with Crippen LogP contribution in [0.15, 0.2) is 77.2 Å². The molecule has 7 heteroatoms.